The van der Waals surface area contributed by atoms with Gasteiger partial charge in [-0.3, -0.25) is 24.0 Å². The molecule has 2 aromatic carbocycles. The fraction of sp³-hybridized carbons (Fsp3) is 0.154. The Morgan fingerprint density at radius 1 is 1.03 bits per heavy atom. The van der Waals surface area contributed by atoms with Gasteiger partial charge in [-0.25, -0.2) is 4.79 Å². The average Bonchev–Trinajstić information content (AvgIpc) is 3.48. The van der Waals surface area contributed by atoms with Crippen LogP contribution in [0.25, 0.3) is 27.8 Å². The van der Waals surface area contributed by atoms with Crippen molar-refractivity contribution < 1.29 is 14.1 Å². The Balaban J connectivity index is 1.87. The van der Waals surface area contributed by atoms with E-state index in [4.69, 9.17) is 20.8 Å². The molecular formula is C26H19ClN4O6. The van der Waals surface area contributed by atoms with E-state index >= 15 is 0 Å². The van der Waals surface area contributed by atoms with Gasteiger partial charge in [-0.05, 0) is 30.7 Å². The largest absolute Gasteiger partial charge is 0.474 e. The van der Waals surface area contributed by atoms with Crippen molar-refractivity contribution in [3.63, 3.8) is 0 Å². The van der Waals surface area contributed by atoms with Crippen molar-refractivity contribution >= 4 is 28.2 Å². The lowest BCUT2D eigenvalue weighted by molar-refractivity contribution is -0.384. The molecule has 1 aliphatic heterocycles. The molecule has 0 aliphatic carbocycles. The third-order valence-corrected chi connectivity index (χ3v) is 6.94. The number of furan rings is 1. The summed E-state index contributed by atoms with van der Waals surface area (Å²) < 4.78 is 16.5. The van der Waals surface area contributed by atoms with E-state index in [0.29, 0.717) is 45.1 Å². The molecule has 1 atom stereocenters. The first-order chi connectivity index (χ1) is 17.7. The zero-order chi connectivity index (χ0) is 26.2. The van der Waals surface area contributed by atoms with Crippen molar-refractivity contribution in [2.45, 2.75) is 13.0 Å². The van der Waals surface area contributed by atoms with Gasteiger partial charge in [0.15, 0.2) is 17.6 Å². The zero-order valence-electron chi connectivity index (χ0n) is 19.9. The molecule has 1 unspecified atom stereocenters. The second-order valence-corrected chi connectivity index (χ2v) is 9.25. The van der Waals surface area contributed by atoms with E-state index in [1.807, 2.05) is 30.3 Å². The molecule has 0 bridgehead atoms. The first kappa shape index (κ1) is 22.9. The Bertz CT molecular complexity index is 1880. The van der Waals surface area contributed by atoms with Crippen LogP contribution >= 0.6 is 11.6 Å². The molecule has 1 aliphatic rings. The predicted octanol–water partition coefficient (Wildman–Crippen LogP) is 4.64. The van der Waals surface area contributed by atoms with E-state index in [2.05, 4.69) is 0 Å². The summed E-state index contributed by atoms with van der Waals surface area (Å²) in [7, 11) is 3.01. The fourth-order valence-corrected chi connectivity index (χ4v) is 5.19. The van der Waals surface area contributed by atoms with E-state index < -0.39 is 22.3 Å². The minimum Gasteiger partial charge on any atom is -0.474 e. The molecule has 3 aromatic heterocycles. The highest BCUT2D eigenvalue weighted by molar-refractivity contribution is 6.33. The lowest BCUT2D eigenvalue weighted by Gasteiger charge is -2.29. The molecule has 0 saturated heterocycles. The van der Waals surface area contributed by atoms with Gasteiger partial charge in [0.05, 0.1) is 39.0 Å². The Kier molecular flexibility index (Phi) is 4.93. The molecule has 0 N–H and O–H groups in total. The maximum absolute atomic E-state index is 13.6. The van der Waals surface area contributed by atoms with Crippen LogP contribution < -0.4 is 16.0 Å². The summed E-state index contributed by atoms with van der Waals surface area (Å²) in [6.45, 7) is 1.78. The molecule has 6 rings (SSSR count). The van der Waals surface area contributed by atoms with Crippen molar-refractivity contribution in [1.82, 2.24) is 13.7 Å². The second-order valence-electron chi connectivity index (χ2n) is 8.84. The molecular weight excluding hydrogens is 500 g/mol. The van der Waals surface area contributed by atoms with Crippen molar-refractivity contribution in [2.75, 3.05) is 0 Å². The molecule has 0 radical (unpaired) electrons. The molecule has 0 fully saturated rings. The van der Waals surface area contributed by atoms with E-state index in [9.17, 15) is 19.7 Å². The van der Waals surface area contributed by atoms with E-state index in [0.717, 1.165) is 4.57 Å². The summed E-state index contributed by atoms with van der Waals surface area (Å²) >= 11 is 6.34. The number of nitro groups is 1. The van der Waals surface area contributed by atoms with Gasteiger partial charge < -0.3 is 13.7 Å². The maximum atomic E-state index is 13.6. The number of aromatic nitrogens is 3. The molecule has 0 amide bonds. The highest BCUT2D eigenvalue weighted by atomic mass is 35.5. The number of hydrogen-bond acceptors (Lipinski definition) is 6. The van der Waals surface area contributed by atoms with Crippen LogP contribution in [0, 0.1) is 17.0 Å². The van der Waals surface area contributed by atoms with Crippen molar-refractivity contribution in [1.29, 1.82) is 0 Å². The number of rotatable bonds is 3. The van der Waals surface area contributed by atoms with Crippen LogP contribution in [0.2, 0.25) is 5.02 Å². The Hall–Kier alpha value is -4.57. The summed E-state index contributed by atoms with van der Waals surface area (Å²) in [5.74, 6) is 1.22. The minimum atomic E-state index is -0.917. The number of halogens is 1. The Morgan fingerprint density at radius 3 is 2.41 bits per heavy atom. The SMILES string of the molecule is Cc1ccc(C2Oc3cc([N+](=O)[O-])c(Cl)cc3-n3c(-c4ccccc4)c4c(=O)n(C)c(=O)n(C)c4c32)o1. The smallest absolute Gasteiger partial charge is 0.331 e. The lowest BCUT2D eigenvalue weighted by Crippen LogP contribution is -2.37. The van der Waals surface area contributed by atoms with Crippen LogP contribution in [-0.2, 0) is 14.1 Å². The van der Waals surface area contributed by atoms with Gasteiger partial charge in [0.25, 0.3) is 11.2 Å². The van der Waals surface area contributed by atoms with Crippen molar-refractivity contribution in [2.24, 2.45) is 14.1 Å². The quantitative estimate of drug-likeness (QED) is 0.254. The highest BCUT2D eigenvalue weighted by Gasteiger charge is 2.38. The van der Waals surface area contributed by atoms with Gasteiger partial charge in [-0.15, -0.1) is 0 Å². The Labute approximate surface area is 213 Å². The van der Waals surface area contributed by atoms with Crippen LogP contribution in [-0.4, -0.2) is 18.6 Å². The van der Waals surface area contributed by atoms with E-state index in [1.165, 1.54) is 23.7 Å². The van der Waals surface area contributed by atoms with Gasteiger partial charge in [-0.1, -0.05) is 41.9 Å². The third-order valence-electron chi connectivity index (χ3n) is 6.63. The number of nitrogens with zero attached hydrogens (tertiary/aromatic N) is 4. The molecule has 5 aromatic rings. The zero-order valence-corrected chi connectivity index (χ0v) is 20.6. The van der Waals surface area contributed by atoms with Gasteiger partial charge in [0, 0.05) is 14.1 Å². The summed E-state index contributed by atoms with van der Waals surface area (Å²) in [6.07, 6.45) is -0.917. The van der Waals surface area contributed by atoms with E-state index in [1.54, 1.807) is 30.7 Å². The predicted molar refractivity (Wildman–Crippen MR) is 137 cm³/mol. The summed E-state index contributed by atoms with van der Waals surface area (Å²) in [5.41, 5.74) is 1.13. The van der Waals surface area contributed by atoms with Crippen LogP contribution in [0.4, 0.5) is 5.69 Å². The number of benzene rings is 2. The number of aryl methyl sites for hydroxylation is 2. The minimum absolute atomic E-state index is 0.0934. The topological polar surface area (TPSA) is 114 Å². The monoisotopic (exact) mass is 518 g/mol. The number of hydrogen-bond donors (Lipinski definition) is 0. The molecule has 37 heavy (non-hydrogen) atoms. The van der Waals surface area contributed by atoms with Crippen molar-refractivity contribution in [3.05, 3.63) is 108 Å². The fourth-order valence-electron chi connectivity index (χ4n) is 4.97. The average molecular weight is 519 g/mol. The van der Waals surface area contributed by atoms with Gasteiger partial charge in [-0.2, -0.15) is 0 Å². The highest BCUT2D eigenvalue weighted by Crippen LogP contribution is 2.49. The molecule has 0 saturated carbocycles. The Morgan fingerprint density at radius 2 is 1.76 bits per heavy atom. The molecule has 0 spiro atoms. The summed E-state index contributed by atoms with van der Waals surface area (Å²) in [6, 6.07) is 15.4. The van der Waals surface area contributed by atoms with Crippen LogP contribution in [0.1, 0.15) is 23.3 Å². The standard InChI is InChI=1S/C26H19ClN4O6/c1-13-9-10-18(36-13)24-23-22-20(25(32)29(3)26(33)28(22)2)21(14-7-5-4-6-8-14)30(23)17-11-15(27)16(31(34)35)12-19(17)37-24/h4-12,24H,1-3H3. The lowest BCUT2D eigenvalue weighted by atomic mass is 10.1. The first-order valence-electron chi connectivity index (χ1n) is 11.3. The van der Waals surface area contributed by atoms with Gasteiger partial charge in [0.2, 0.25) is 0 Å². The molecule has 186 valence electrons. The van der Waals surface area contributed by atoms with Crippen LogP contribution in [0.3, 0.4) is 0 Å². The van der Waals surface area contributed by atoms with Gasteiger partial charge in [0.1, 0.15) is 10.8 Å². The molecule has 4 heterocycles. The van der Waals surface area contributed by atoms with Crippen molar-refractivity contribution in [3.8, 4) is 22.7 Å². The maximum Gasteiger partial charge on any atom is 0.331 e. The second kappa shape index (κ2) is 7.97. The van der Waals surface area contributed by atoms with E-state index in [-0.39, 0.29) is 16.5 Å². The molecule has 11 heteroatoms. The van der Waals surface area contributed by atoms with Crippen LogP contribution in [0.15, 0.2) is 68.6 Å². The summed E-state index contributed by atoms with van der Waals surface area (Å²) in [5, 5.41) is 11.9. The normalized spacial score (nSPS) is 14.3. The van der Waals surface area contributed by atoms with Crippen LogP contribution in [0.5, 0.6) is 5.75 Å². The van der Waals surface area contributed by atoms with Gasteiger partial charge >= 0.3 is 5.69 Å². The summed E-state index contributed by atoms with van der Waals surface area (Å²) in [4.78, 5) is 37.8. The molecule has 10 nitrogen and oxygen atoms in total. The third kappa shape index (κ3) is 3.19. The first-order valence-corrected chi connectivity index (χ1v) is 11.7. The number of fused-ring (bicyclic) bond motifs is 5. The number of nitro benzene ring substituents is 1. The number of ether oxygens (including phenoxy) is 1.